The van der Waals surface area contributed by atoms with Gasteiger partial charge < -0.3 is 31.3 Å². The molecule has 0 saturated carbocycles. The zero-order valence-electron chi connectivity index (χ0n) is 17.7. The molecule has 180 valence electrons. The van der Waals surface area contributed by atoms with Gasteiger partial charge in [0.05, 0.1) is 0 Å². The summed E-state index contributed by atoms with van der Waals surface area (Å²) in [6.45, 7) is 0.737. The van der Waals surface area contributed by atoms with Crippen LogP contribution in [-0.4, -0.2) is 70.3 Å². The zero-order valence-corrected chi connectivity index (χ0v) is 17.7. The molecule has 0 aliphatic carbocycles. The van der Waals surface area contributed by atoms with Gasteiger partial charge in [-0.25, -0.2) is 14.4 Å². The van der Waals surface area contributed by atoms with Crippen LogP contribution in [0.4, 0.5) is 4.79 Å². The SMILES string of the molecule is [N-]=[N+]=NCCCCCC(=O)NCCCCC(NC(=O)NC(CCC(=O)O)C(=O)O)C(=O)O. The van der Waals surface area contributed by atoms with E-state index in [1.54, 1.807) is 0 Å². The fourth-order valence-corrected chi connectivity index (χ4v) is 2.62. The predicted octanol–water partition coefficient (Wildman–Crippen LogP) is 1.21. The summed E-state index contributed by atoms with van der Waals surface area (Å²) in [5.74, 6) is -4.09. The Kier molecular flexibility index (Phi) is 15.3. The van der Waals surface area contributed by atoms with Crippen LogP contribution in [0.2, 0.25) is 0 Å². The van der Waals surface area contributed by atoms with Crippen LogP contribution in [0.5, 0.6) is 0 Å². The van der Waals surface area contributed by atoms with Crippen LogP contribution in [0.15, 0.2) is 5.11 Å². The Morgan fingerprint density at radius 2 is 1.44 bits per heavy atom. The van der Waals surface area contributed by atoms with Crippen molar-refractivity contribution in [2.24, 2.45) is 5.11 Å². The number of carboxylic acids is 3. The number of amides is 3. The molecule has 2 atom stereocenters. The summed E-state index contributed by atoms with van der Waals surface area (Å²) in [5, 5.41) is 37.2. The summed E-state index contributed by atoms with van der Waals surface area (Å²) < 4.78 is 0. The maximum Gasteiger partial charge on any atom is 0.326 e. The summed E-state index contributed by atoms with van der Waals surface area (Å²) in [4.78, 5) is 59.2. The highest BCUT2D eigenvalue weighted by molar-refractivity contribution is 5.86. The maximum atomic E-state index is 11.9. The minimum Gasteiger partial charge on any atom is -0.481 e. The van der Waals surface area contributed by atoms with Gasteiger partial charge in [-0.1, -0.05) is 11.5 Å². The van der Waals surface area contributed by atoms with Crippen molar-refractivity contribution < 1.29 is 39.3 Å². The molecule has 3 amide bonds. The van der Waals surface area contributed by atoms with Crippen molar-refractivity contribution in [3.63, 3.8) is 0 Å². The van der Waals surface area contributed by atoms with Crippen molar-refractivity contribution in [1.82, 2.24) is 16.0 Å². The lowest BCUT2D eigenvalue weighted by molar-refractivity contribution is -0.140. The van der Waals surface area contributed by atoms with Crippen LogP contribution in [0.3, 0.4) is 0 Å². The molecule has 0 fully saturated rings. The number of hydrogen-bond acceptors (Lipinski definition) is 6. The van der Waals surface area contributed by atoms with E-state index in [1.165, 1.54) is 0 Å². The molecule has 0 aromatic carbocycles. The quantitative estimate of drug-likeness (QED) is 0.0754. The van der Waals surface area contributed by atoms with Crippen LogP contribution in [0.1, 0.15) is 57.8 Å². The number of aliphatic carboxylic acids is 3. The molecule has 2 unspecified atom stereocenters. The predicted molar refractivity (Wildman–Crippen MR) is 111 cm³/mol. The Labute approximate surface area is 184 Å². The second kappa shape index (κ2) is 17.2. The summed E-state index contributed by atoms with van der Waals surface area (Å²) in [6, 6.07) is -3.76. The van der Waals surface area contributed by atoms with Crippen LogP contribution >= 0.6 is 0 Å². The Balaban J connectivity index is 4.18. The molecule has 0 heterocycles. The second-order valence-electron chi connectivity index (χ2n) is 6.94. The molecule has 0 aromatic heterocycles. The van der Waals surface area contributed by atoms with Crippen LogP contribution in [0, 0.1) is 0 Å². The fourth-order valence-electron chi connectivity index (χ4n) is 2.62. The Bertz CT molecular complexity index is 695. The molecule has 0 saturated heterocycles. The Morgan fingerprint density at radius 1 is 0.812 bits per heavy atom. The molecule has 6 N–H and O–H groups in total. The third-order valence-corrected chi connectivity index (χ3v) is 4.32. The van der Waals surface area contributed by atoms with E-state index in [-0.39, 0.29) is 18.7 Å². The topological polar surface area (TPSA) is 231 Å². The third kappa shape index (κ3) is 15.3. The number of unbranched alkanes of at least 4 members (excludes halogenated alkanes) is 3. The molecule has 0 aliphatic rings. The number of carbonyl (C=O) groups is 5. The van der Waals surface area contributed by atoms with Gasteiger partial charge in [-0.05, 0) is 44.1 Å². The molecular weight excluding hydrogens is 428 g/mol. The lowest BCUT2D eigenvalue weighted by Gasteiger charge is -2.18. The molecule has 14 heteroatoms. The number of nitrogens with one attached hydrogen (secondary N) is 3. The fraction of sp³-hybridized carbons (Fsp3) is 0.722. The van der Waals surface area contributed by atoms with E-state index in [4.69, 9.17) is 15.7 Å². The smallest absolute Gasteiger partial charge is 0.326 e. The van der Waals surface area contributed by atoms with E-state index in [0.29, 0.717) is 45.2 Å². The second-order valence-corrected chi connectivity index (χ2v) is 6.94. The first-order valence-electron chi connectivity index (χ1n) is 10.2. The lowest BCUT2D eigenvalue weighted by Crippen LogP contribution is -2.51. The highest BCUT2D eigenvalue weighted by Gasteiger charge is 2.24. The van der Waals surface area contributed by atoms with Crippen molar-refractivity contribution in [3.05, 3.63) is 10.4 Å². The van der Waals surface area contributed by atoms with E-state index in [9.17, 15) is 29.1 Å². The average Bonchev–Trinajstić information content (AvgIpc) is 2.71. The zero-order chi connectivity index (χ0) is 24.4. The van der Waals surface area contributed by atoms with Gasteiger partial charge in [0.2, 0.25) is 5.91 Å². The number of carboxylic acid groups (broad SMARTS) is 3. The van der Waals surface area contributed by atoms with Crippen molar-refractivity contribution >= 4 is 29.8 Å². The molecule has 0 aliphatic heterocycles. The van der Waals surface area contributed by atoms with E-state index >= 15 is 0 Å². The highest BCUT2D eigenvalue weighted by atomic mass is 16.4. The number of nitrogens with zero attached hydrogens (tertiary/aromatic N) is 3. The van der Waals surface area contributed by atoms with Crippen molar-refractivity contribution in [2.75, 3.05) is 13.1 Å². The van der Waals surface area contributed by atoms with Crippen LogP contribution < -0.4 is 16.0 Å². The van der Waals surface area contributed by atoms with Crippen molar-refractivity contribution in [3.8, 4) is 0 Å². The van der Waals surface area contributed by atoms with E-state index < -0.39 is 42.4 Å². The van der Waals surface area contributed by atoms with Crippen molar-refractivity contribution in [2.45, 2.75) is 69.9 Å². The number of urea groups is 1. The van der Waals surface area contributed by atoms with Gasteiger partial charge in [0, 0.05) is 30.8 Å². The summed E-state index contributed by atoms with van der Waals surface area (Å²) in [6.07, 6.45) is 2.58. The Hall–Kier alpha value is -3.54. The molecule has 0 rings (SSSR count). The van der Waals surface area contributed by atoms with Crippen molar-refractivity contribution in [1.29, 1.82) is 0 Å². The molecule has 32 heavy (non-hydrogen) atoms. The van der Waals surface area contributed by atoms with Crippen LogP contribution in [-0.2, 0) is 19.2 Å². The summed E-state index contributed by atoms with van der Waals surface area (Å²) in [5.41, 5.74) is 8.15. The first-order chi connectivity index (χ1) is 15.2. The van der Waals surface area contributed by atoms with Gasteiger partial charge in [0.25, 0.3) is 0 Å². The van der Waals surface area contributed by atoms with E-state index in [1.807, 2.05) is 0 Å². The normalized spacial score (nSPS) is 12.0. The number of azide groups is 1. The number of rotatable bonds is 18. The molecule has 0 bridgehead atoms. The van der Waals surface area contributed by atoms with Gasteiger partial charge in [0.1, 0.15) is 12.1 Å². The first-order valence-corrected chi connectivity index (χ1v) is 10.2. The van der Waals surface area contributed by atoms with Gasteiger partial charge >= 0.3 is 23.9 Å². The monoisotopic (exact) mass is 458 g/mol. The van der Waals surface area contributed by atoms with Gasteiger partial charge in [-0.3, -0.25) is 9.59 Å². The molecule has 0 spiro atoms. The molecule has 0 aromatic rings. The maximum absolute atomic E-state index is 11.9. The third-order valence-electron chi connectivity index (χ3n) is 4.32. The number of hydrogen-bond donors (Lipinski definition) is 6. The van der Waals surface area contributed by atoms with Crippen LogP contribution in [0.25, 0.3) is 10.4 Å². The minimum atomic E-state index is -1.46. The average molecular weight is 458 g/mol. The minimum absolute atomic E-state index is 0.0604. The number of carbonyl (C=O) groups excluding carboxylic acids is 2. The largest absolute Gasteiger partial charge is 0.481 e. The molecule has 0 radical (unpaired) electrons. The van der Waals surface area contributed by atoms with Gasteiger partial charge in [0.15, 0.2) is 0 Å². The van der Waals surface area contributed by atoms with Gasteiger partial charge in [-0.2, -0.15) is 0 Å². The standard InChI is InChI=1S/C18H30N6O8/c19-24-21-11-4-1-2-7-14(25)20-10-5-3-6-12(16(28)29)22-18(32)23-13(17(30)31)8-9-15(26)27/h12-13H,1-11H2,(H,20,25)(H,26,27)(H,28,29)(H,30,31)(H2,22,23,32). The first kappa shape index (κ1) is 28.5. The van der Waals surface area contributed by atoms with E-state index in [2.05, 4.69) is 26.0 Å². The molecule has 14 nitrogen and oxygen atoms in total. The lowest BCUT2D eigenvalue weighted by atomic mass is 10.1. The molecular formula is C18H30N6O8. The summed E-state index contributed by atoms with van der Waals surface area (Å²) in [7, 11) is 0. The van der Waals surface area contributed by atoms with E-state index in [0.717, 1.165) is 6.42 Å². The van der Waals surface area contributed by atoms with Gasteiger partial charge in [-0.15, -0.1) is 0 Å². The summed E-state index contributed by atoms with van der Waals surface area (Å²) >= 11 is 0. The Morgan fingerprint density at radius 3 is 2.00 bits per heavy atom. The highest BCUT2D eigenvalue weighted by Crippen LogP contribution is 2.04.